The first kappa shape index (κ1) is 9.02. The van der Waals surface area contributed by atoms with Gasteiger partial charge in [0, 0.05) is 5.56 Å². The Kier molecular flexibility index (Phi) is 1.93. The molecule has 5 heteroatoms. The number of nitrogens with zero attached hydrogens (tertiary/aromatic N) is 1. The first-order valence-electron chi connectivity index (χ1n) is 3.81. The van der Waals surface area contributed by atoms with Gasteiger partial charge in [-0.3, -0.25) is 4.79 Å². The van der Waals surface area contributed by atoms with Crippen molar-refractivity contribution < 1.29 is 9.18 Å². The number of nitrogens with two attached hydrogens (primary N) is 1. The van der Waals surface area contributed by atoms with Crippen LogP contribution in [0.4, 0.5) is 10.1 Å². The fourth-order valence-corrected chi connectivity index (χ4v) is 1.53. The van der Waals surface area contributed by atoms with Gasteiger partial charge in [0.2, 0.25) is 0 Å². The molecule has 1 radical (unpaired) electrons. The summed E-state index contributed by atoms with van der Waals surface area (Å²) in [6, 6.07) is 3.91. The molecule has 1 aromatic carbocycles. The lowest BCUT2D eigenvalue weighted by Gasteiger charge is -1.96. The van der Waals surface area contributed by atoms with Crippen molar-refractivity contribution in [1.82, 2.24) is 5.32 Å². The zero-order valence-corrected chi connectivity index (χ0v) is 7.68. The van der Waals surface area contributed by atoms with E-state index in [4.69, 9.17) is 17.3 Å². The fraction of sp³-hybridized carbons (Fsp3) is 0. The Balaban J connectivity index is 2.55. The van der Waals surface area contributed by atoms with Crippen LogP contribution in [-0.4, -0.2) is 5.91 Å². The highest BCUT2D eigenvalue weighted by Crippen LogP contribution is 2.37. The second kappa shape index (κ2) is 2.99. The molecule has 0 saturated heterocycles. The molecule has 0 spiro atoms. The van der Waals surface area contributed by atoms with Crippen LogP contribution in [-0.2, 0) is 4.79 Å². The van der Waals surface area contributed by atoms with Crippen LogP contribution < -0.4 is 11.1 Å². The minimum Gasteiger partial charge on any atom is -0.364 e. The third-order valence-electron chi connectivity index (χ3n) is 1.87. The molecule has 14 heavy (non-hydrogen) atoms. The van der Waals surface area contributed by atoms with Crippen LogP contribution in [0.15, 0.2) is 23.9 Å². The summed E-state index contributed by atoms with van der Waals surface area (Å²) in [4.78, 5) is 10.9. The molecule has 1 aromatic rings. The molecule has 0 fully saturated rings. The zero-order chi connectivity index (χ0) is 10.3. The van der Waals surface area contributed by atoms with Crippen LogP contribution in [0.3, 0.4) is 0 Å². The zero-order valence-electron chi connectivity index (χ0n) is 6.92. The van der Waals surface area contributed by atoms with Crippen LogP contribution >= 0.6 is 11.6 Å². The van der Waals surface area contributed by atoms with E-state index in [0.717, 1.165) is 0 Å². The Labute approximate surface area is 84.4 Å². The molecular weight excluding hydrogens is 207 g/mol. The van der Waals surface area contributed by atoms with Crippen molar-refractivity contribution in [2.24, 2.45) is 5.73 Å². The van der Waals surface area contributed by atoms with E-state index in [1.165, 1.54) is 18.2 Å². The Hall–Kier alpha value is -1.55. The number of amides is 1. The minimum absolute atomic E-state index is 0.0210. The third kappa shape index (κ3) is 1.24. The standard InChI is InChI=1S/C9H5ClFN2O/c10-7-5-3-4(11)1-2-6(5)13-8(7)9(12)14/h1-3H,(H2,12,14). The number of fused-ring (bicyclic) bond motifs is 1. The average Bonchev–Trinajstić information content (AvgIpc) is 2.44. The minimum atomic E-state index is -0.716. The lowest BCUT2D eigenvalue weighted by Crippen LogP contribution is -2.17. The highest BCUT2D eigenvalue weighted by atomic mass is 35.5. The monoisotopic (exact) mass is 211 g/mol. The van der Waals surface area contributed by atoms with E-state index in [2.05, 4.69) is 5.32 Å². The predicted molar refractivity (Wildman–Crippen MR) is 50.2 cm³/mol. The summed E-state index contributed by atoms with van der Waals surface area (Å²) in [5.41, 5.74) is 5.88. The number of carbonyl (C=O) groups is 1. The van der Waals surface area contributed by atoms with Crippen molar-refractivity contribution in [3.05, 3.63) is 35.3 Å². The molecule has 1 amide bonds. The van der Waals surface area contributed by atoms with E-state index in [1.54, 1.807) is 0 Å². The summed E-state index contributed by atoms with van der Waals surface area (Å²) >= 11 is 5.79. The average molecular weight is 212 g/mol. The van der Waals surface area contributed by atoms with Crippen LogP contribution in [0.1, 0.15) is 5.56 Å². The Morgan fingerprint density at radius 1 is 1.50 bits per heavy atom. The molecule has 0 aromatic heterocycles. The quantitative estimate of drug-likeness (QED) is 0.751. The van der Waals surface area contributed by atoms with Crippen molar-refractivity contribution in [3.63, 3.8) is 0 Å². The number of rotatable bonds is 1. The summed E-state index contributed by atoms with van der Waals surface area (Å²) in [7, 11) is 0. The summed E-state index contributed by atoms with van der Waals surface area (Å²) in [6.07, 6.45) is 0. The van der Waals surface area contributed by atoms with Crippen molar-refractivity contribution >= 4 is 28.2 Å². The van der Waals surface area contributed by atoms with E-state index in [-0.39, 0.29) is 10.7 Å². The van der Waals surface area contributed by atoms with E-state index in [1.807, 2.05) is 0 Å². The number of primary amides is 1. The van der Waals surface area contributed by atoms with Gasteiger partial charge < -0.3 is 5.73 Å². The second-order valence-corrected chi connectivity index (χ2v) is 3.18. The lowest BCUT2D eigenvalue weighted by molar-refractivity contribution is -0.114. The van der Waals surface area contributed by atoms with Gasteiger partial charge in [-0.15, -0.1) is 0 Å². The molecule has 0 atom stereocenters. The van der Waals surface area contributed by atoms with Crippen LogP contribution in [0.25, 0.3) is 5.03 Å². The van der Waals surface area contributed by atoms with Crippen molar-refractivity contribution in [1.29, 1.82) is 0 Å². The van der Waals surface area contributed by atoms with Gasteiger partial charge in [0.1, 0.15) is 11.5 Å². The highest BCUT2D eigenvalue weighted by molar-refractivity contribution is 6.52. The Morgan fingerprint density at radius 2 is 2.21 bits per heavy atom. The molecule has 0 saturated carbocycles. The van der Waals surface area contributed by atoms with Gasteiger partial charge in [0.25, 0.3) is 5.91 Å². The van der Waals surface area contributed by atoms with Gasteiger partial charge in [-0.2, -0.15) is 0 Å². The molecule has 2 rings (SSSR count). The normalized spacial score (nSPS) is 13.9. The fourth-order valence-electron chi connectivity index (χ4n) is 1.24. The molecule has 3 nitrogen and oxygen atoms in total. The van der Waals surface area contributed by atoms with Gasteiger partial charge >= 0.3 is 0 Å². The van der Waals surface area contributed by atoms with Gasteiger partial charge in [-0.05, 0) is 18.2 Å². The van der Waals surface area contributed by atoms with Crippen LogP contribution in [0, 0.1) is 5.82 Å². The Bertz CT molecular complexity index is 456. The van der Waals surface area contributed by atoms with Gasteiger partial charge in [0.05, 0.1) is 10.7 Å². The maximum Gasteiger partial charge on any atom is 0.268 e. The van der Waals surface area contributed by atoms with E-state index in [9.17, 15) is 9.18 Å². The highest BCUT2D eigenvalue weighted by Gasteiger charge is 2.25. The molecule has 0 bridgehead atoms. The Morgan fingerprint density at radius 3 is 2.86 bits per heavy atom. The summed E-state index contributed by atoms with van der Waals surface area (Å²) < 4.78 is 12.8. The maximum absolute atomic E-state index is 12.8. The first-order chi connectivity index (χ1) is 6.59. The van der Waals surface area contributed by atoms with Gasteiger partial charge in [-0.1, -0.05) is 11.6 Å². The first-order valence-corrected chi connectivity index (χ1v) is 4.18. The number of carbonyl (C=O) groups excluding carboxylic acids is 1. The largest absolute Gasteiger partial charge is 0.364 e. The molecular formula is C9H5ClFN2O. The molecule has 0 aliphatic carbocycles. The van der Waals surface area contributed by atoms with E-state index < -0.39 is 11.7 Å². The topological polar surface area (TPSA) is 57.2 Å². The van der Waals surface area contributed by atoms with Gasteiger partial charge in [-0.25, -0.2) is 9.71 Å². The number of benzene rings is 1. The molecule has 2 N–H and O–H groups in total. The van der Waals surface area contributed by atoms with E-state index >= 15 is 0 Å². The number of hydrogen-bond acceptors (Lipinski definition) is 1. The van der Waals surface area contributed by atoms with Gasteiger partial charge in [0.15, 0.2) is 0 Å². The molecule has 1 heterocycles. The molecule has 71 valence electrons. The third-order valence-corrected chi connectivity index (χ3v) is 2.25. The molecule has 0 unspecified atom stereocenters. The lowest BCUT2D eigenvalue weighted by atomic mass is 10.2. The van der Waals surface area contributed by atoms with Crippen LogP contribution in [0.2, 0.25) is 0 Å². The summed E-state index contributed by atoms with van der Waals surface area (Å²) in [5, 5.41) is 3.98. The molecule has 1 aliphatic heterocycles. The smallest absolute Gasteiger partial charge is 0.268 e. The SMILES string of the molecule is NC(=O)C1=C(Cl)c2cc(F)ccc2[N]1. The second-order valence-electron chi connectivity index (χ2n) is 2.80. The molecule has 1 aliphatic rings. The number of halogens is 2. The van der Waals surface area contributed by atoms with Crippen LogP contribution in [0.5, 0.6) is 0 Å². The van der Waals surface area contributed by atoms with E-state index in [0.29, 0.717) is 11.3 Å². The van der Waals surface area contributed by atoms with Crippen molar-refractivity contribution in [3.8, 4) is 0 Å². The summed E-state index contributed by atoms with van der Waals surface area (Å²) in [6.45, 7) is 0. The maximum atomic E-state index is 12.8. The predicted octanol–water partition coefficient (Wildman–Crippen LogP) is 1.47. The number of hydrogen-bond donors (Lipinski definition) is 1. The summed E-state index contributed by atoms with van der Waals surface area (Å²) in [5.74, 6) is -1.14. The van der Waals surface area contributed by atoms with Crippen molar-refractivity contribution in [2.75, 3.05) is 0 Å². The van der Waals surface area contributed by atoms with Crippen molar-refractivity contribution in [2.45, 2.75) is 0 Å².